The van der Waals surface area contributed by atoms with Crippen LogP contribution in [0.25, 0.3) is 0 Å². The summed E-state index contributed by atoms with van der Waals surface area (Å²) in [5.41, 5.74) is 0.509. The summed E-state index contributed by atoms with van der Waals surface area (Å²) in [5, 5.41) is 50.6. The maximum absolute atomic E-state index is 9.77. The van der Waals surface area contributed by atoms with Crippen molar-refractivity contribution in [2.24, 2.45) is 0 Å². The quantitative estimate of drug-likeness (QED) is 0.374. The van der Waals surface area contributed by atoms with Gasteiger partial charge in [-0.1, -0.05) is 30.3 Å². The van der Waals surface area contributed by atoms with Gasteiger partial charge in [0.05, 0.1) is 0 Å². The molecule has 0 aliphatic heterocycles. The second kappa shape index (κ2) is 7.56. The van der Waals surface area contributed by atoms with E-state index in [-0.39, 0.29) is 0 Å². The lowest BCUT2D eigenvalue weighted by Crippen LogP contribution is -2.39. The van der Waals surface area contributed by atoms with Gasteiger partial charge in [0.15, 0.2) is 18.0 Å². The van der Waals surface area contributed by atoms with E-state index < -0.39 is 29.9 Å². The second-order valence-electron chi connectivity index (χ2n) is 3.95. The number of hydrogen-bond donors (Lipinski definition) is 6. The van der Waals surface area contributed by atoms with Gasteiger partial charge >= 0.3 is 11.9 Å². The average molecular weight is 288 g/mol. The molecule has 1 aromatic rings. The molecule has 8 nitrogen and oxygen atoms in total. The molecule has 6 N–H and O–H groups in total. The summed E-state index contributed by atoms with van der Waals surface area (Å²) in [6.45, 7) is 1.34. The summed E-state index contributed by atoms with van der Waals surface area (Å²) in [6.07, 6.45) is -4.53. The van der Waals surface area contributed by atoms with E-state index in [4.69, 9.17) is 30.6 Å². The Labute approximate surface area is 114 Å². The van der Waals surface area contributed by atoms with Crippen molar-refractivity contribution < 1.29 is 40.2 Å². The van der Waals surface area contributed by atoms with Crippen molar-refractivity contribution in [3.63, 3.8) is 0 Å². The fraction of sp³-hybridized carbons (Fsp3) is 0.333. The van der Waals surface area contributed by atoms with Crippen molar-refractivity contribution in [2.75, 3.05) is 0 Å². The van der Waals surface area contributed by atoms with Crippen LogP contribution in [0.3, 0.4) is 0 Å². The molecule has 0 aromatic heterocycles. The molecule has 2 unspecified atom stereocenters. The van der Waals surface area contributed by atoms with E-state index in [2.05, 4.69) is 0 Å². The number of benzene rings is 1. The number of carbonyl (C=O) groups is 2. The normalized spacial score (nSPS) is 13.7. The lowest BCUT2D eigenvalue weighted by molar-refractivity contribution is -0.165. The minimum atomic E-state index is -2.27. The van der Waals surface area contributed by atoms with Gasteiger partial charge in [-0.3, -0.25) is 0 Å². The zero-order chi connectivity index (χ0) is 15.9. The number of rotatable bonds is 4. The summed E-state index contributed by atoms with van der Waals surface area (Å²) >= 11 is 0. The maximum atomic E-state index is 9.77. The number of aliphatic carboxylic acids is 2. The Morgan fingerprint density at radius 2 is 1.30 bits per heavy atom. The zero-order valence-electron chi connectivity index (χ0n) is 10.5. The van der Waals surface area contributed by atoms with Gasteiger partial charge in [0.25, 0.3) is 0 Å². The number of aliphatic hydroxyl groups is 4. The van der Waals surface area contributed by atoms with Crippen LogP contribution < -0.4 is 0 Å². The van der Waals surface area contributed by atoms with Crippen molar-refractivity contribution in [1.29, 1.82) is 0 Å². The molecule has 8 heteroatoms. The molecule has 1 aromatic carbocycles. The Kier molecular flexibility index (Phi) is 6.80. The molecule has 0 saturated carbocycles. The third kappa shape index (κ3) is 6.25. The van der Waals surface area contributed by atoms with Gasteiger partial charge in [-0.25, -0.2) is 9.59 Å². The topological polar surface area (TPSA) is 156 Å². The Hall–Kier alpha value is -2.00. The third-order valence-corrected chi connectivity index (χ3v) is 2.13. The summed E-state index contributed by atoms with van der Waals surface area (Å²) in [6, 6.07) is 8.69. The van der Waals surface area contributed by atoms with Crippen LogP contribution >= 0.6 is 0 Å². The molecule has 0 fully saturated rings. The first-order valence-electron chi connectivity index (χ1n) is 5.39. The Morgan fingerprint density at radius 1 is 0.950 bits per heavy atom. The van der Waals surface area contributed by atoms with E-state index in [0.717, 1.165) is 0 Å². The van der Waals surface area contributed by atoms with E-state index >= 15 is 0 Å². The van der Waals surface area contributed by atoms with Crippen LogP contribution in [0.2, 0.25) is 0 Å². The lowest BCUT2D eigenvalue weighted by Gasteiger charge is -2.15. The molecule has 0 saturated heterocycles. The average Bonchev–Trinajstić information content (AvgIpc) is 2.37. The SMILES string of the molecule is CC(O)(O)c1ccccc1.O=C(O)C(O)C(O)C(=O)O. The Balaban J connectivity index is 0.000000361. The van der Waals surface area contributed by atoms with Crippen LogP contribution in [-0.2, 0) is 15.4 Å². The van der Waals surface area contributed by atoms with Crippen LogP contribution in [-0.4, -0.2) is 54.8 Å². The molecule has 0 aliphatic carbocycles. The van der Waals surface area contributed by atoms with Gasteiger partial charge < -0.3 is 30.6 Å². The monoisotopic (exact) mass is 288 g/mol. The molecule has 1 rings (SSSR count). The minimum absolute atomic E-state index is 0.509. The van der Waals surface area contributed by atoms with Crippen molar-refractivity contribution in [2.45, 2.75) is 24.9 Å². The largest absolute Gasteiger partial charge is 0.479 e. The summed E-state index contributed by atoms with van der Waals surface area (Å²) in [7, 11) is 0. The summed E-state index contributed by atoms with van der Waals surface area (Å²) < 4.78 is 0. The number of carboxylic acids is 2. The van der Waals surface area contributed by atoms with Gasteiger partial charge in [0.1, 0.15) is 0 Å². The fourth-order valence-corrected chi connectivity index (χ4v) is 1.02. The molecule has 0 heterocycles. The van der Waals surface area contributed by atoms with Crippen molar-refractivity contribution >= 4 is 11.9 Å². The van der Waals surface area contributed by atoms with Crippen LogP contribution in [0.4, 0.5) is 0 Å². The van der Waals surface area contributed by atoms with E-state index in [9.17, 15) is 9.59 Å². The standard InChI is InChI=1S/C8H10O2.C4H6O6/c1-8(9,10)7-5-3-2-4-6-7;5-1(3(7)8)2(6)4(9)10/h2-6,9-10H,1H3;1-2,5-6H,(H,7,8)(H,9,10). The highest BCUT2D eigenvalue weighted by molar-refractivity contribution is 5.83. The summed E-state index contributed by atoms with van der Waals surface area (Å²) in [4.78, 5) is 19.5. The number of carboxylic acid groups (broad SMARTS) is 2. The van der Waals surface area contributed by atoms with E-state index in [1.165, 1.54) is 6.92 Å². The van der Waals surface area contributed by atoms with Gasteiger partial charge in [0, 0.05) is 5.56 Å². The smallest absolute Gasteiger partial charge is 0.335 e. The van der Waals surface area contributed by atoms with Crippen molar-refractivity contribution in [3.05, 3.63) is 35.9 Å². The van der Waals surface area contributed by atoms with E-state index in [0.29, 0.717) is 5.56 Å². The molecule has 0 aliphatic rings. The van der Waals surface area contributed by atoms with Gasteiger partial charge in [-0.2, -0.15) is 0 Å². The highest BCUT2D eigenvalue weighted by atomic mass is 16.5. The van der Waals surface area contributed by atoms with Crippen LogP contribution in [0.1, 0.15) is 12.5 Å². The fourth-order valence-electron chi connectivity index (χ4n) is 1.02. The van der Waals surface area contributed by atoms with Crippen LogP contribution in [0.5, 0.6) is 0 Å². The molecule has 112 valence electrons. The first-order chi connectivity index (χ1) is 9.07. The van der Waals surface area contributed by atoms with Crippen molar-refractivity contribution in [3.8, 4) is 0 Å². The van der Waals surface area contributed by atoms with Crippen LogP contribution in [0, 0.1) is 0 Å². The molecule has 0 radical (unpaired) electrons. The molecular formula is C12H16O8. The molecule has 0 bridgehead atoms. The first kappa shape index (κ1) is 18.0. The predicted octanol–water partition coefficient (Wildman–Crippen LogP) is -1.28. The van der Waals surface area contributed by atoms with Gasteiger partial charge in [0.2, 0.25) is 0 Å². The first-order valence-corrected chi connectivity index (χ1v) is 5.39. The molecule has 2 atom stereocenters. The highest BCUT2D eigenvalue weighted by Gasteiger charge is 2.29. The minimum Gasteiger partial charge on any atom is -0.479 e. The summed E-state index contributed by atoms with van der Waals surface area (Å²) in [5.74, 6) is -5.24. The molecule has 0 amide bonds. The zero-order valence-corrected chi connectivity index (χ0v) is 10.5. The van der Waals surface area contributed by atoms with E-state index in [1.807, 2.05) is 6.07 Å². The Bertz CT molecular complexity index is 419. The molecule has 0 spiro atoms. The molecule has 20 heavy (non-hydrogen) atoms. The highest BCUT2D eigenvalue weighted by Crippen LogP contribution is 2.14. The second-order valence-corrected chi connectivity index (χ2v) is 3.95. The molecular weight excluding hydrogens is 272 g/mol. The van der Waals surface area contributed by atoms with E-state index in [1.54, 1.807) is 24.3 Å². The van der Waals surface area contributed by atoms with Gasteiger partial charge in [-0.05, 0) is 6.92 Å². The Morgan fingerprint density at radius 3 is 1.50 bits per heavy atom. The number of hydrogen-bond acceptors (Lipinski definition) is 6. The van der Waals surface area contributed by atoms with Crippen molar-refractivity contribution in [1.82, 2.24) is 0 Å². The van der Waals surface area contributed by atoms with Crippen LogP contribution in [0.15, 0.2) is 30.3 Å². The van der Waals surface area contributed by atoms with Gasteiger partial charge in [-0.15, -0.1) is 0 Å². The predicted molar refractivity (Wildman–Crippen MR) is 65.5 cm³/mol. The lowest BCUT2D eigenvalue weighted by atomic mass is 10.1. The number of aliphatic hydroxyl groups excluding tert-OH is 2. The third-order valence-electron chi connectivity index (χ3n) is 2.13. The maximum Gasteiger partial charge on any atom is 0.335 e.